The van der Waals surface area contributed by atoms with Crippen molar-refractivity contribution in [2.24, 2.45) is 5.41 Å². The Kier molecular flexibility index (Phi) is 3.04. The summed E-state index contributed by atoms with van der Waals surface area (Å²) in [5.41, 5.74) is 1.18. The van der Waals surface area contributed by atoms with Crippen molar-refractivity contribution in [3.8, 4) is 0 Å². The molecule has 0 radical (unpaired) electrons. The fourth-order valence-electron chi connectivity index (χ4n) is 1.46. The number of nitrogens with one attached hydrogen (secondary N) is 1. The highest BCUT2D eigenvalue weighted by Gasteiger charge is 2.18. The van der Waals surface area contributed by atoms with E-state index in [0.717, 1.165) is 32.2 Å². The Morgan fingerprint density at radius 2 is 2.42 bits per heavy atom. The third kappa shape index (κ3) is 2.78. The molecule has 2 heteroatoms. The molecule has 0 aromatic heterocycles. The van der Waals surface area contributed by atoms with Crippen LogP contribution in [0.25, 0.3) is 0 Å². The molecule has 68 valence electrons. The van der Waals surface area contributed by atoms with Crippen LogP contribution in [0.4, 0.5) is 0 Å². The first-order chi connectivity index (χ1) is 5.64. The molecule has 0 spiro atoms. The molecule has 2 nitrogen and oxygen atoms in total. The number of hydrogen-bond acceptors (Lipinski definition) is 2. The van der Waals surface area contributed by atoms with Gasteiger partial charge in [-0.3, -0.25) is 0 Å². The van der Waals surface area contributed by atoms with Gasteiger partial charge in [-0.1, -0.05) is 25.5 Å². The van der Waals surface area contributed by atoms with Gasteiger partial charge in [0.05, 0.1) is 0 Å². The van der Waals surface area contributed by atoms with Gasteiger partial charge in [0.1, 0.15) is 6.29 Å². The normalized spacial score (nSPS) is 18.7. The molecule has 1 aliphatic rings. The molecule has 1 N–H and O–H groups in total. The summed E-state index contributed by atoms with van der Waals surface area (Å²) >= 11 is 0. The maximum Gasteiger partial charge on any atom is 0.125 e. The maximum atomic E-state index is 10.7. The summed E-state index contributed by atoms with van der Waals surface area (Å²) in [4.78, 5) is 10.7. The minimum Gasteiger partial charge on any atom is -0.313 e. The summed E-state index contributed by atoms with van der Waals surface area (Å²) in [6.45, 7) is 5.99. The van der Waals surface area contributed by atoms with E-state index in [1.807, 2.05) is 13.8 Å². The molecule has 0 saturated heterocycles. The van der Waals surface area contributed by atoms with Gasteiger partial charge in [-0.2, -0.15) is 0 Å². The molecule has 0 aromatic carbocycles. The van der Waals surface area contributed by atoms with E-state index in [4.69, 9.17) is 0 Å². The number of aldehydes is 1. The molecule has 0 saturated carbocycles. The fourth-order valence-corrected chi connectivity index (χ4v) is 1.46. The monoisotopic (exact) mass is 167 g/mol. The standard InChI is InChI=1S/C10H17NO/c1-10(2,8-12)6-9-4-3-5-11-7-9/h4,8,11H,3,5-7H2,1-2H3. The molecule has 0 fully saturated rings. The predicted molar refractivity (Wildman–Crippen MR) is 50.0 cm³/mol. The van der Waals surface area contributed by atoms with Crippen molar-refractivity contribution in [2.45, 2.75) is 26.7 Å². The van der Waals surface area contributed by atoms with Crippen LogP contribution in [0, 0.1) is 5.41 Å². The van der Waals surface area contributed by atoms with Gasteiger partial charge in [0, 0.05) is 12.0 Å². The van der Waals surface area contributed by atoms with E-state index in [9.17, 15) is 4.79 Å². The van der Waals surface area contributed by atoms with Crippen molar-refractivity contribution in [3.05, 3.63) is 11.6 Å². The molecule has 0 amide bonds. The molecule has 0 aromatic rings. The zero-order valence-corrected chi connectivity index (χ0v) is 7.89. The molecule has 1 heterocycles. The van der Waals surface area contributed by atoms with Gasteiger partial charge in [-0.15, -0.1) is 0 Å². The van der Waals surface area contributed by atoms with Crippen molar-refractivity contribution in [3.63, 3.8) is 0 Å². The van der Waals surface area contributed by atoms with E-state index in [1.165, 1.54) is 5.57 Å². The van der Waals surface area contributed by atoms with Gasteiger partial charge in [0.25, 0.3) is 0 Å². The lowest BCUT2D eigenvalue weighted by Crippen LogP contribution is -2.25. The quantitative estimate of drug-likeness (QED) is 0.510. The Hall–Kier alpha value is -0.630. The number of hydrogen-bond donors (Lipinski definition) is 1. The van der Waals surface area contributed by atoms with Gasteiger partial charge in [-0.25, -0.2) is 0 Å². The van der Waals surface area contributed by atoms with Crippen molar-refractivity contribution in [2.75, 3.05) is 13.1 Å². The van der Waals surface area contributed by atoms with Gasteiger partial charge in [0.2, 0.25) is 0 Å². The summed E-state index contributed by atoms with van der Waals surface area (Å²) in [6, 6.07) is 0. The van der Waals surface area contributed by atoms with Crippen molar-refractivity contribution < 1.29 is 4.79 Å². The largest absolute Gasteiger partial charge is 0.313 e. The van der Waals surface area contributed by atoms with E-state index in [-0.39, 0.29) is 5.41 Å². The Labute approximate surface area is 74.0 Å². The average Bonchev–Trinajstić information content (AvgIpc) is 2.06. The molecule has 12 heavy (non-hydrogen) atoms. The first kappa shape index (κ1) is 9.46. The second-order valence-electron chi connectivity index (χ2n) is 4.11. The van der Waals surface area contributed by atoms with Gasteiger partial charge in [0.15, 0.2) is 0 Å². The van der Waals surface area contributed by atoms with Crippen molar-refractivity contribution >= 4 is 6.29 Å². The Balaban J connectivity index is 2.49. The smallest absolute Gasteiger partial charge is 0.125 e. The zero-order valence-electron chi connectivity index (χ0n) is 7.89. The van der Waals surface area contributed by atoms with E-state index in [1.54, 1.807) is 0 Å². The fraction of sp³-hybridized carbons (Fsp3) is 0.700. The molecular formula is C10H17NO. The first-order valence-electron chi connectivity index (χ1n) is 4.49. The minimum absolute atomic E-state index is 0.190. The van der Waals surface area contributed by atoms with Crippen molar-refractivity contribution in [1.29, 1.82) is 0 Å². The lowest BCUT2D eigenvalue weighted by Gasteiger charge is -2.21. The molecular weight excluding hydrogens is 150 g/mol. The topological polar surface area (TPSA) is 29.1 Å². The number of rotatable bonds is 3. The highest BCUT2D eigenvalue weighted by atomic mass is 16.1. The maximum absolute atomic E-state index is 10.7. The average molecular weight is 167 g/mol. The Morgan fingerprint density at radius 1 is 1.67 bits per heavy atom. The second kappa shape index (κ2) is 3.85. The third-order valence-electron chi connectivity index (χ3n) is 2.11. The lowest BCUT2D eigenvalue weighted by atomic mass is 9.86. The number of carbonyl (C=O) groups excluding carboxylic acids is 1. The molecule has 0 atom stereocenters. The van der Waals surface area contributed by atoms with Crippen LogP contribution in [0.3, 0.4) is 0 Å². The van der Waals surface area contributed by atoms with Gasteiger partial charge >= 0.3 is 0 Å². The summed E-state index contributed by atoms with van der Waals surface area (Å²) in [5, 5.41) is 3.30. The van der Waals surface area contributed by atoms with E-state index in [0.29, 0.717) is 0 Å². The zero-order chi connectivity index (χ0) is 9.03. The van der Waals surface area contributed by atoms with Crippen LogP contribution >= 0.6 is 0 Å². The summed E-state index contributed by atoms with van der Waals surface area (Å²) < 4.78 is 0. The molecule has 1 rings (SSSR count). The number of carbonyl (C=O) groups is 1. The SMILES string of the molecule is CC(C)(C=O)CC1=CCCNC1. The van der Waals surface area contributed by atoms with Crippen LogP contribution in [0.2, 0.25) is 0 Å². The molecule has 0 aliphatic carbocycles. The molecule has 0 bridgehead atoms. The lowest BCUT2D eigenvalue weighted by molar-refractivity contribution is -0.114. The van der Waals surface area contributed by atoms with Crippen LogP contribution in [0.15, 0.2) is 11.6 Å². The van der Waals surface area contributed by atoms with Crippen LogP contribution < -0.4 is 5.32 Å². The van der Waals surface area contributed by atoms with E-state index >= 15 is 0 Å². The summed E-state index contributed by atoms with van der Waals surface area (Å²) in [5.74, 6) is 0. The van der Waals surface area contributed by atoms with Gasteiger partial charge < -0.3 is 10.1 Å². The van der Waals surface area contributed by atoms with Crippen LogP contribution in [0.5, 0.6) is 0 Å². The third-order valence-corrected chi connectivity index (χ3v) is 2.11. The van der Waals surface area contributed by atoms with E-state index < -0.39 is 0 Å². The Morgan fingerprint density at radius 3 is 2.92 bits per heavy atom. The van der Waals surface area contributed by atoms with E-state index in [2.05, 4.69) is 11.4 Å². The highest BCUT2D eigenvalue weighted by Crippen LogP contribution is 2.23. The van der Waals surface area contributed by atoms with Gasteiger partial charge in [-0.05, 0) is 19.4 Å². The molecule has 0 unspecified atom stereocenters. The van der Waals surface area contributed by atoms with Crippen molar-refractivity contribution in [1.82, 2.24) is 5.32 Å². The van der Waals surface area contributed by atoms with Crippen LogP contribution in [-0.2, 0) is 4.79 Å². The Bertz CT molecular complexity index is 194. The first-order valence-corrected chi connectivity index (χ1v) is 4.49. The minimum atomic E-state index is -0.190. The second-order valence-corrected chi connectivity index (χ2v) is 4.11. The van der Waals surface area contributed by atoms with Crippen LogP contribution in [0.1, 0.15) is 26.7 Å². The summed E-state index contributed by atoms with van der Waals surface area (Å²) in [6.07, 6.45) is 5.29. The summed E-state index contributed by atoms with van der Waals surface area (Å²) in [7, 11) is 0. The highest BCUT2D eigenvalue weighted by molar-refractivity contribution is 5.58. The molecule has 1 aliphatic heterocycles. The van der Waals surface area contributed by atoms with Crippen LogP contribution in [-0.4, -0.2) is 19.4 Å². The predicted octanol–water partition coefficient (Wildman–Crippen LogP) is 1.52.